The highest BCUT2D eigenvalue weighted by Gasteiger charge is 2.18. The van der Waals surface area contributed by atoms with Crippen LogP contribution < -0.4 is 10.2 Å². The number of methoxy groups -OCH3 is 1. The number of rotatable bonds is 6. The third-order valence-corrected chi connectivity index (χ3v) is 3.05. The maximum absolute atomic E-state index is 5.15. The molecule has 0 amide bonds. The van der Waals surface area contributed by atoms with Crippen LogP contribution in [0.2, 0.25) is 0 Å². The van der Waals surface area contributed by atoms with Crippen molar-refractivity contribution in [2.24, 2.45) is 0 Å². The Morgan fingerprint density at radius 3 is 3.18 bits per heavy atom. The minimum atomic E-state index is 0.564. The molecule has 2 heterocycles. The first kappa shape index (κ1) is 12.3. The second-order valence-corrected chi connectivity index (χ2v) is 4.31. The number of ether oxygens (including phenoxy) is 1. The fraction of sp³-hybridized carbons (Fsp3) is 0.667. The monoisotopic (exact) mass is 236 g/mol. The van der Waals surface area contributed by atoms with E-state index in [0.29, 0.717) is 12.6 Å². The Morgan fingerprint density at radius 1 is 1.59 bits per heavy atom. The van der Waals surface area contributed by atoms with Crippen LogP contribution in [0.1, 0.15) is 12.8 Å². The minimum absolute atomic E-state index is 0.564. The number of nitrogens with zero attached hydrogens (tertiary/aromatic N) is 3. The molecule has 94 valence electrons. The second-order valence-electron chi connectivity index (χ2n) is 4.31. The molecule has 1 fully saturated rings. The third kappa shape index (κ3) is 3.64. The van der Waals surface area contributed by atoms with Crippen LogP contribution in [0.25, 0.3) is 0 Å². The van der Waals surface area contributed by atoms with Crippen LogP contribution in [-0.4, -0.2) is 49.6 Å². The summed E-state index contributed by atoms with van der Waals surface area (Å²) in [6.45, 7) is 3.67. The van der Waals surface area contributed by atoms with Crippen molar-refractivity contribution in [2.45, 2.75) is 18.9 Å². The summed E-state index contributed by atoms with van der Waals surface area (Å²) < 4.78 is 5.15. The van der Waals surface area contributed by atoms with Crippen molar-refractivity contribution in [3.8, 4) is 0 Å². The normalized spacial score (nSPS) is 19.5. The first-order valence-electron chi connectivity index (χ1n) is 6.15. The van der Waals surface area contributed by atoms with E-state index in [2.05, 4.69) is 20.4 Å². The van der Waals surface area contributed by atoms with E-state index in [1.54, 1.807) is 13.3 Å². The van der Waals surface area contributed by atoms with E-state index in [1.807, 2.05) is 12.1 Å². The fourth-order valence-electron chi connectivity index (χ4n) is 2.14. The SMILES string of the molecule is COCCN(CC1CCCN1)c1cccnn1. The Hall–Kier alpha value is -1.20. The van der Waals surface area contributed by atoms with Gasteiger partial charge in [-0.2, -0.15) is 5.10 Å². The first-order valence-corrected chi connectivity index (χ1v) is 6.15. The zero-order chi connectivity index (χ0) is 11.9. The lowest BCUT2D eigenvalue weighted by Gasteiger charge is -2.26. The van der Waals surface area contributed by atoms with Gasteiger partial charge in [0, 0.05) is 32.4 Å². The lowest BCUT2D eigenvalue weighted by molar-refractivity contribution is 0.204. The van der Waals surface area contributed by atoms with E-state index in [0.717, 1.165) is 25.5 Å². The Balaban J connectivity index is 1.97. The van der Waals surface area contributed by atoms with E-state index >= 15 is 0 Å². The van der Waals surface area contributed by atoms with Crippen molar-refractivity contribution < 1.29 is 4.74 Å². The summed E-state index contributed by atoms with van der Waals surface area (Å²) in [5.41, 5.74) is 0. The molecule has 1 aromatic heterocycles. The Labute approximate surface area is 102 Å². The van der Waals surface area contributed by atoms with Gasteiger partial charge in [0.2, 0.25) is 0 Å². The van der Waals surface area contributed by atoms with Gasteiger partial charge in [0.1, 0.15) is 0 Å². The van der Waals surface area contributed by atoms with Gasteiger partial charge in [0.15, 0.2) is 5.82 Å². The Morgan fingerprint density at radius 2 is 2.53 bits per heavy atom. The molecule has 0 radical (unpaired) electrons. The maximum atomic E-state index is 5.15. The van der Waals surface area contributed by atoms with Gasteiger partial charge in [-0.15, -0.1) is 5.10 Å². The molecular weight excluding hydrogens is 216 g/mol. The molecule has 1 saturated heterocycles. The quantitative estimate of drug-likeness (QED) is 0.787. The van der Waals surface area contributed by atoms with Crippen molar-refractivity contribution in [1.82, 2.24) is 15.5 Å². The predicted molar refractivity (Wildman–Crippen MR) is 67.1 cm³/mol. The van der Waals surface area contributed by atoms with Crippen molar-refractivity contribution >= 4 is 5.82 Å². The molecule has 0 aliphatic carbocycles. The second kappa shape index (κ2) is 6.51. The van der Waals surface area contributed by atoms with Gasteiger partial charge < -0.3 is 15.0 Å². The van der Waals surface area contributed by atoms with Gasteiger partial charge in [-0.3, -0.25) is 0 Å². The summed E-state index contributed by atoms with van der Waals surface area (Å²) in [7, 11) is 1.72. The van der Waals surface area contributed by atoms with Crippen molar-refractivity contribution in [2.75, 3.05) is 38.3 Å². The molecule has 1 aliphatic heterocycles. The number of nitrogens with one attached hydrogen (secondary N) is 1. The van der Waals surface area contributed by atoms with E-state index in [-0.39, 0.29) is 0 Å². The molecule has 0 aromatic carbocycles. The minimum Gasteiger partial charge on any atom is -0.383 e. The smallest absolute Gasteiger partial charge is 0.151 e. The predicted octanol–water partition coefficient (Wildman–Crippen LogP) is 0.681. The maximum Gasteiger partial charge on any atom is 0.151 e. The highest BCUT2D eigenvalue weighted by molar-refractivity contribution is 5.36. The van der Waals surface area contributed by atoms with Crippen molar-refractivity contribution in [1.29, 1.82) is 0 Å². The standard InChI is InChI=1S/C12H20N4O/c1-17-9-8-16(10-11-4-2-6-13-11)12-5-3-7-14-15-12/h3,5,7,11,13H,2,4,6,8-10H2,1H3. The van der Waals surface area contributed by atoms with Crippen molar-refractivity contribution in [3.63, 3.8) is 0 Å². The van der Waals surface area contributed by atoms with E-state index < -0.39 is 0 Å². The summed E-state index contributed by atoms with van der Waals surface area (Å²) in [6, 6.07) is 4.48. The van der Waals surface area contributed by atoms with Crippen LogP contribution in [0.3, 0.4) is 0 Å². The molecular formula is C12H20N4O. The molecule has 1 atom stereocenters. The van der Waals surface area contributed by atoms with Gasteiger partial charge in [0.25, 0.3) is 0 Å². The molecule has 5 heteroatoms. The van der Waals surface area contributed by atoms with Crippen LogP contribution in [0.4, 0.5) is 5.82 Å². The summed E-state index contributed by atoms with van der Waals surface area (Å²) in [6.07, 6.45) is 4.21. The number of anilines is 1. The molecule has 5 nitrogen and oxygen atoms in total. The number of aromatic nitrogens is 2. The van der Waals surface area contributed by atoms with Crippen LogP contribution >= 0.6 is 0 Å². The summed E-state index contributed by atoms with van der Waals surface area (Å²) in [5.74, 6) is 0.929. The molecule has 0 saturated carbocycles. The molecule has 17 heavy (non-hydrogen) atoms. The average molecular weight is 236 g/mol. The topological polar surface area (TPSA) is 50.3 Å². The first-order chi connectivity index (χ1) is 8.40. The van der Waals surface area contributed by atoms with Gasteiger partial charge in [-0.25, -0.2) is 0 Å². The lowest BCUT2D eigenvalue weighted by atomic mass is 10.2. The Kier molecular flexibility index (Phi) is 4.70. The highest BCUT2D eigenvalue weighted by Crippen LogP contribution is 2.12. The van der Waals surface area contributed by atoms with Crippen LogP contribution in [0.5, 0.6) is 0 Å². The molecule has 1 aromatic rings. The molecule has 1 aliphatic rings. The molecule has 1 N–H and O–H groups in total. The molecule has 0 spiro atoms. The molecule has 2 rings (SSSR count). The number of hydrogen-bond donors (Lipinski definition) is 1. The van der Waals surface area contributed by atoms with Crippen LogP contribution in [0, 0.1) is 0 Å². The van der Waals surface area contributed by atoms with E-state index in [1.165, 1.54) is 12.8 Å². The Bertz CT molecular complexity index is 314. The zero-order valence-corrected chi connectivity index (χ0v) is 10.3. The van der Waals surface area contributed by atoms with Crippen LogP contribution in [-0.2, 0) is 4.74 Å². The van der Waals surface area contributed by atoms with Crippen molar-refractivity contribution in [3.05, 3.63) is 18.3 Å². The zero-order valence-electron chi connectivity index (χ0n) is 10.3. The van der Waals surface area contributed by atoms with Gasteiger partial charge in [0.05, 0.1) is 6.61 Å². The van der Waals surface area contributed by atoms with E-state index in [9.17, 15) is 0 Å². The van der Waals surface area contributed by atoms with E-state index in [4.69, 9.17) is 4.74 Å². The van der Waals surface area contributed by atoms with Gasteiger partial charge >= 0.3 is 0 Å². The summed E-state index contributed by atoms with van der Waals surface area (Å²) in [5, 5.41) is 11.6. The van der Waals surface area contributed by atoms with Gasteiger partial charge in [-0.05, 0) is 31.5 Å². The largest absolute Gasteiger partial charge is 0.383 e. The summed E-state index contributed by atoms with van der Waals surface area (Å²) in [4.78, 5) is 2.24. The highest BCUT2D eigenvalue weighted by atomic mass is 16.5. The summed E-state index contributed by atoms with van der Waals surface area (Å²) >= 11 is 0. The molecule has 0 bridgehead atoms. The molecule has 1 unspecified atom stereocenters. The van der Waals surface area contributed by atoms with Gasteiger partial charge in [-0.1, -0.05) is 0 Å². The fourth-order valence-corrected chi connectivity index (χ4v) is 2.14. The third-order valence-electron chi connectivity index (χ3n) is 3.05. The average Bonchev–Trinajstić information content (AvgIpc) is 2.88. The number of hydrogen-bond acceptors (Lipinski definition) is 5. The van der Waals surface area contributed by atoms with Crippen LogP contribution in [0.15, 0.2) is 18.3 Å². The lowest BCUT2D eigenvalue weighted by Crippen LogP contribution is -2.39.